The number of phenols is 1. The maximum absolute atomic E-state index is 11.2. The first-order valence-electron chi connectivity index (χ1n) is 6.10. The van der Waals surface area contributed by atoms with Gasteiger partial charge in [0.1, 0.15) is 10.7 Å². The van der Waals surface area contributed by atoms with Crippen molar-refractivity contribution in [3.63, 3.8) is 0 Å². The van der Waals surface area contributed by atoms with Crippen LogP contribution in [-0.4, -0.2) is 28.1 Å². The monoisotopic (exact) mass is 308 g/mol. The van der Waals surface area contributed by atoms with Crippen LogP contribution in [0.25, 0.3) is 0 Å². The minimum Gasteiger partial charge on any atom is -0.504 e. The molecule has 1 aromatic carbocycles. The molecule has 0 unspecified atom stereocenters. The highest BCUT2D eigenvalue weighted by Crippen LogP contribution is 2.28. The van der Waals surface area contributed by atoms with E-state index in [1.165, 1.54) is 12.4 Å². The molecule has 0 saturated heterocycles. The summed E-state index contributed by atoms with van der Waals surface area (Å²) < 4.78 is 5.27. The number of rotatable bonds is 5. The Morgan fingerprint density at radius 3 is 3.14 bits per heavy atom. The zero-order valence-electron chi connectivity index (χ0n) is 11.1. The van der Waals surface area contributed by atoms with Crippen molar-refractivity contribution in [3.05, 3.63) is 45.3 Å². The molecule has 2 rings (SSSR count). The summed E-state index contributed by atoms with van der Waals surface area (Å²) in [5.41, 5.74) is 2.79. The number of ether oxygens (including phenoxy) is 1. The number of aromatic nitrogens is 2. The van der Waals surface area contributed by atoms with E-state index in [9.17, 15) is 9.90 Å². The first-order chi connectivity index (χ1) is 10.1. The molecule has 0 atom stereocenters. The normalized spacial score (nSPS) is 10.8. The summed E-state index contributed by atoms with van der Waals surface area (Å²) in [5.74, 6) is 0.359. The second-order valence-electron chi connectivity index (χ2n) is 3.92. The van der Waals surface area contributed by atoms with E-state index >= 15 is 0 Å². The molecule has 110 valence electrons. The third kappa shape index (κ3) is 3.51. The Balaban J connectivity index is 2.17. The first-order valence-corrected chi connectivity index (χ1v) is 6.48. The fourth-order valence-electron chi connectivity index (χ4n) is 1.55. The van der Waals surface area contributed by atoms with Crippen molar-refractivity contribution in [2.24, 2.45) is 5.10 Å². The van der Waals surface area contributed by atoms with Crippen molar-refractivity contribution < 1.29 is 9.84 Å². The average molecular weight is 309 g/mol. The molecule has 0 radical (unpaired) electrons. The van der Waals surface area contributed by atoms with E-state index in [0.717, 1.165) is 0 Å². The predicted octanol–water partition coefficient (Wildman–Crippen LogP) is 1.97. The number of para-hydroxylation sites is 1. The number of nitrogens with zero attached hydrogens (tertiary/aromatic N) is 2. The van der Waals surface area contributed by atoms with Crippen LogP contribution in [0, 0.1) is 0 Å². The van der Waals surface area contributed by atoms with Crippen LogP contribution in [0.1, 0.15) is 12.5 Å². The third-order valence-corrected chi connectivity index (χ3v) is 2.89. The number of aromatic hydroxyl groups is 1. The van der Waals surface area contributed by atoms with E-state index < -0.39 is 5.56 Å². The number of hydrogen-bond acceptors (Lipinski definition) is 6. The van der Waals surface area contributed by atoms with Crippen molar-refractivity contribution >= 4 is 23.5 Å². The van der Waals surface area contributed by atoms with Crippen LogP contribution in [0.2, 0.25) is 5.02 Å². The molecule has 0 spiro atoms. The van der Waals surface area contributed by atoms with Gasteiger partial charge in [0.05, 0.1) is 19.0 Å². The fourth-order valence-corrected chi connectivity index (χ4v) is 1.68. The predicted molar refractivity (Wildman–Crippen MR) is 80.4 cm³/mol. The average Bonchev–Trinajstić information content (AvgIpc) is 2.47. The van der Waals surface area contributed by atoms with Crippen LogP contribution in [0.5, 0.6) is 11.5 Å². The molecular weight excluding hydrogens is 296 g/mol. The van der Waals surface area contributed by atoms with Gasteiger partial charge in [0.2, 0.25) is 0 Å². The summed E-state index contributed by atoms with van der Waals surface area (Å²) >= 11 is 5.78. The fraction of sp³-hybridized carbons (Fsp3) is 0.154. The molecule has 3 N–H and O–H groups in total. The molecule has 0 amide bonds. The Kier molecular flexibility index (Phi) is 4.78. The Labute approximate surface area is 125 Å². The number of H-pyrrole nitrogens is 1. The number of nitrogens with one attached hydrogen (secondary N) is 2. The van der Waals surface area contributed by atoms with Gasteiger partial charge in [-0.3, -0.25) is 10.2 Å². The van der Waals surface area contributed by atoms with Crippen LogP contribution < -0.4 is 15.7 Å². The molecule has 0 bridgehead atoms. The van der Waals surface area contributed by atoms with Crippen molar-refractivity contribution in [1.82, 2.24) is 10.2 Å². The molecule has 2 aromatic rings. The molecule has 0 aliphatic rings. The molecule has 0 fully saturated rings. The molecule has 0 aliphatic carbocycles. The minimum absolute atomic E-state index is 0.0139. The summed E-state index contributed by atoms with van der Waals surface area (Å²) in [7, 11) is 0. The highest BCUT2D eigenvalue weighted by Gasteiger charge is 2.06. The smallest absolute Gasteiger partial charge is 0.285 e. The Morgan fingerprint density at radius 2 is 2.38 bits per heavy atom. The lowest BCUT2D eigenvalue weighted by Crippen LogP contribution is -2.10. The van der Waals surface area contributed by atoms with Gasteiger partial charge in [-0.1, -0.05) is 17.7 Å². The first kappa shape index (κ1) is 14.9. The second kappa shape index (κ2) is 6.76. The molecule has 0 saturated carbocycles. The summed E-state index contributed by atoms with van der Waals surface area (Å²) in [6.07, 6.45) is 2.72. The molecule has 21 heavy (non-hydrogen) atoms. The van der Waals surface area contributed by atoms with Crippen molar-refractivity contribution in [1.29, 1.82) is 0 Å². The summed E-state index contributed by atoms with van der Waals surface area (Å²) in [6, 6.07) is 5.05. The Bertz CT molecular complexity index is 715. The second-order valence-corrected chi connectivity index (χ2v) is 4.30. The van der Waals surface area contributed by atoms with E-state index in [-0.39, 0.29) is 16.5 Å². The SMILES string of the molecule is CCOc1cccc(/C=N/Nc2cn[nH]c(=O)c2Cl)c1O. The molecule has 1 heterocycles. The number of benzene rings is 1. The summed E-state index contributed by atoms with van der Waals surface area (Å²) in [6.45, 7) is 2.27. The summed E-state index contributed by atoms with van der Waals surface area (Å²) in [5, 5.41) is 19.6. The van der Waals surface area contributed by atoms with Crippen molar-refractivity contribution in [2.45, 2.75) is 6.92 Å². The van der Waals surface area contributed by atoms with E-state index in [0.29, 0.717) is 17.9 Å². The molecular formula is C13H13ClN4O3. The van der Waals surface area contributed by atoms with Gasteiger partial charge in [-0.25, -0.2) is 5.10 Å². The lowest BCUT2D eigenvalue weighted by molar-refractivity contribution is 0.318. The number of hydrogen-bond donors (Lipinski definition) is 3. The van der Waals surface area contributed by atoms with E-state index in [1.54, 1.807) is 18.2 Å². The maximum atomic E-state index is 11.2. The largest absolute Gasteiger partial charge is 0.504 e. The van der Waals surface area contributed by atoms with Gasteiger partial charge in [-0.15, -0.1) is 0 Å². The standard InChI is InChI=1S/C13H13ClN4O3/c1-2-21-10-5-3-4-8(12(10)19)6-15-17-9-7-16-18-13(20)11(9)14/h3-7,19H,2H2,1H3,(H2,17,18,20)/b15-6+. The molecule has 0 aliphatic heterocycles. The summed E-state index contributed by atoms with van der Waals surface area (Å²) in [4.78, 5) is 11.2. The third-order valence-electron chi connectivity index (χ3n) is 2.51. The van der Waals surface area contributed by atoms with Crippen LogP contribution in [0.15, 0.2) is 34.3 Å². The van der Waals surface area contributed by atoms with E-state index in [2.05, 4.69) is 20.7 Å². The van der Waals surface area contributed by atoms with Gasteiger partial charge < -0.3 is 9.84 Å². The van der Waals surface area contributed by atoms with E-state index in [4.69, 9.17) is 16.3 Å². The zero-order valence-corrected chi connectivity index (χ0v) is 11.9. The number of halogens is 1. The molecule has 8 heteroatoms. The zero-order chi connectivity index (χ0) is 15.2. The topological polar surface area (TPSA) is 99.6 Å². The van der Waals surface area contributed by atoms with Gasteiger partial charge in [0.15, 0.2) is 11.5 Å². The van der Waals surface area contributed by atoms with Gasteiger partial charge in [0.25, 0.3) is 5.56 Å². The van der Waals surface area contributed by atoms with E-state index in [1.807, 2.05) is 6.92 Å². The number of hydrazone groups is 1. The number of phenolic OH excluding ortho intramolecular Hbond substituents is 1. The minimum atomic E-state index is -0.516. The van der Waals surface area contributed by atoms with Gasteiger partial charge >= 0.3 is 0 Å². The van der Waals surface area contributed by atoms with Crippen LogP contribution in [0.4, 0.5) is 5.69 Å². The van der Waals surface area contributed by atoms with Gasteiger partial charge in [-0.05, 0) is 19.1 Å². The van der Waals surface area contributed by atoms with Crippen LogP contribution >= 0.6 is 11.6 Å². The Hall–Kier alpha value is -2.54. The van der Waals surface area contributed by atoms with Gasteiger partial charge in [-0.2, -0.15) is 10.2 Å². The number of anilines is 1. The molecule has 7 nitrogen and oxygen atoms in total. The van der Waals surface area contributed by atoms with Crippen molar-refractivity contribution in [2.75, 3.05) is 12.0 Å². The lowest BCUT2D eigenvalue weighted by atomic mass is 10.2. The van der Waals surface area contributed by atoms with Gasteiger partial charge in [0, 0.05) is 5.56 Å². The maximum Gasteiger partial charge on any atom is 0.285 e. The Morgan fingerprint density at radius 1 is 1.57 bits per heavy atom. The quantitative estimate of drug-likeness (QED) is 0.579. The van der Waals surface area contributed by atoms with Crippen molar-refractivity contribution in [3.8, 4) is 11.5 Å². The van der Waals surface area contributed by atoms with Crippen LogP contribution in [-0.2, 0) is 0 Å². The lowest BCUT2D eigenvalue weighted by Gasteiger charge is -2.07. The molecule has 1 aromatic heterocycles. The van der Waals surface area contributed by atoms with Crippen LogP contribution in [0.3, 0.4) is 0 Å². The highest BCUT2D eigenvalue weighted by atomic mass is 35.5. The highest BCUT2D eigenvalue weighted by molar-refractivity contribution is 6.32. The number of aromatic amines is 1.